The van der Waals surface area contributed by atoms with E-state index in [1.807, 2.05) is 24.3 Å². The first-order valence-corrected chi connectivity index (χ1v) is 7.15. The number of hydrogen-bond acceptors (Lipinski definition) is 5. The Hall–Kier alpha value is -2.89. The molecule has 0 fully saturated rings. The van der Waals surface area contributed by atoms with E-state index in [0.717, 1.165) is 16.3 Å². The molecular weight excluding hydrogens is 298 g/mol. The van der Waals surface area contributed by atoms with E-state index in [2.05, 4.69) is 0 Å². The van der Waals surface area contributed by atoms with Crippen molar-refractivity contribution in [1.82, 2.24) is 0 Å². The van der Waals surface area contributed by atoms with E-state index in [1.54, 1.807) is 19.1 Å². The van der Waals surface area contributed by atoms with Gasteiger partial charge in [-0.1, -0.05) is 30.3 Å². The van der Waals surface area contributed by atoms with Crippen LogP contribution in [-0.2, 0) is 9.53 Å². The molecule has 0 atom stereocenters. The fourth-order valence-corrected chi connectivity index (χ4v) is 2.16. The number of benzene rings is 2. The van der Waals surface area contributed by atoms with E-state index < -0.39 is 10.9 Å². The van der Waals surface area contributed by atoms with Crippen LogP contribution in [-0.4, -0.2) is 24.1 Å². The number of esters is 1. The lowest BCUT2D eigenvalue weighted by Gasteiger charge is -2.10. The molecule has 0 amide bonds. The molecule has 2 aromatic carbocycles. The van der Waals surface area contributed by atoms with Crippen molar-refractivity contribution in [2.45, 2.75) is 13.8 Å². The monoisotopic (exact) mass is 315 g/mol. The zero-order valence-electron chi connectivity index (χ0n) is 12.9. The summed E-state index contributed by atoms with van der Waals surface area (Å²) in [5.41, 5.74) is 0.772. The molecule has 0 aliphatic carbocycles. The number of nitrogens with zero attached hydrogens (tertiary/aromatic N) is 1. The standard InChI is InChI=1S/C17H17NO5/c1-3-22-17(19)11-23-16-9-8-13(10-12(2)18(20)21)14-6-4-5-7-15(14)16/h4-10H,3,11H2,1-2H3/b12-10-. The lowest BCUT2D eigenvalue weighted by atomic mass is 10.0. The molecule has 2 rings (SSSR count). The van der Waals surface area contributed by atoms with Gasteiger partial charge in [-0.2, -0.15) is 0 Å². The minimum absolute atomic E-state index is 0.0512. The zero-order chi connectivity index (χ0) is 16.8. The molecule has 0 aliphatic rings. The Kier molecular flexibility index (Phi) is 5.30. The first-order chi connectivity index (χ1) is 11.0. The van der Waals surface area contributed by atoms with E-state index in [4.69, 9.17) is 9.47 Å². The Bertz CT molecular complexity index is 767. The third-order valence-corrected chi connectivity index (χ3v) is 3.22. The zero-order valence-corrected chi connectivity index (χ0v) is 12.9. The molecule has 120 valence electrons. The van der Waals surface area contributed by atoms with Gasteiger partial charge in [0, 0.05) is 18.4 Å². The molecule has 23 heavy (non-hydrogen) atoms. The van der Waals surface area contributed by atoms with Crippen LogP contribution in [0.4, 0.5) is 0 Å². The summed E-state index contributed by atoms with van der Waals surface area (Å²) in [5.74, 6) is 0.0920. The van der Waals surface area contributed by atoms with Gasteiger partial charge in [0.05, 0.1) is 11.5 Å². The van der Waals surface area contributed by atoms with E-state index in [1.165, 1.54) is 13.0 Å². The van der Waals surface area contributed by atoms with Gasteiger partial charge in [-0.05, 0) is 23.9 Å². The van der Waals surface area contributed by atoms with Gasteiger partial charge in [-0.15, -0.1) is 0 Å². The average Bonchev–Trinajstić information content (AvgIpc) is 2.54. The van der Waals surface area contributed by atoms with Gasteiger partial charge >= 0.3 is 5.97 Å². The molecule has 0 unspecified atom stereocenters. The summed E-state index contributed by atoms with van der Waals surface area (Å²) in [4.78, 5) is 21.8. The molecule has 0 saturated heterocycles. The van der Waals surface area contributed by atoms with E-state index in [0.29, 0.717) is 12.4 Å². The number of rotatable bonds is 6. The van der Waals surface area contributed by atoms with Crippen molar-refractivity contribution in [2.24, 2.45) is 0 Å². The largest absolute Gasteiger partial charge is 0.481 e. The predicted octanol–water partition coefficient (Wildman–Crippen LogP) is 3.42. The molecule has 0 aromatic heterocycles. The first kappa shape index (κ1) is 16.5. The second-order valence-corrected chi connectivity index (χ2v) is 4.84. The fraction of sp³-hybridized carbons (Fsp3) is 0.235. The maximum atomic E-state index is 11.4. The summed E-state index contributed by atoms with van der Waals surface area (Å²) < 4.78 is 10.3. The minimum atomic E-state index is -0.440. The molecule has 0 saturated carbocycles. The smallest absolute Gasteiger partial charge is 0.344 e. The minimum Gasteiger partial charge on any atom is -0.481 e. The van der Waals surface area contributed by atoms with Crippen LogP contribution < -0.4 is 4.74 Å². The topological polar surface area (TPSA) is 78.7 Å². The number of allylic oxidation sites excluding steroid dienone is 1. The summed E-state index contributed by atoms with van der Waals surface area (Å²) in [6.07, 6.45) is 1.51. The summed E-state index contributed by atoms with van der Waals surface area (Å²) in [6, 6.07) is 10.8. The van der Waals surface area contributed by atoms with Crippen LogP contribution in [0, 0.1) is 10.1 Å². The van der Waals surface area contributed by atoms with Gasteiger partial charge in [0.2, 0.25) is 5.70 Å². The summed E-state index contributed by atoms with van der Waals surface area (Å²) in [7, 11) is 0. The number of carbonyl (C=O) groups is 1. The fourth-order valence-electron chi connectivity index (χ4n) is 2.16. The number of ether oxygens (including phenoxy) is 2. The summed E-state index contributed by atoms with van der Waals surface area (Å²) in [6.45, 7) is 3.29. The van der Waals surface area contributed by atoms with Crippen LogP contribution >= 0.6 is 0 Å². The van der Waals surface area contributed by atoms with Crippen LogP contribution in [0.1, 0.15) is 19.4 Å². The van der Waals surface area contributed by atoms with Crippen molar-refractivity contribution in [2.75, 3.05) is 13.2 Å². The third-order valence-electron chi connectivity index (χ3n) is 3.22. The average molecular weight is 315 g/mol. The van der Waals surface area contributed by atoms with Gasteiger partial charge in [0.1, 0.15) is 5.75 Å². The Labute approximate surface area is 133 Å². The molecule has 0 bridgehead atoms. The third kappa shape index (κ3) is 4.06. The van der Waals surface area contributed by atoms with Gasteiger partial charge < -0.3 is 9.47 Å². The lowest BCUT2D eigenvalue weighted by molar-refractivity contribution is -0.422. The van der Waals surface area contributed by atoms with Crippen LogP contribution in [0.15, 0.2) is 42.1 Å². The molecule has 6 nitrogen and oxygen atoms in total. The second kappa shape index (κ2) is 7.40. The highest BCUT2D eigenvalue weighted by Gasteiger charge is 2.10. The highest BCUT2D eigenvalue weighted by atomic mass is 16.6. The van der Waals surface area contributed by atoms with Crippen LogP contribution in [0.2, 0.25) is 0 Å². The molecule has 0 heterocycles. The van der Waals surface area contributed by atoms with E-state index in [-0.39, 0.29) is 12.3 Å². The second-order valence-electron chi connectivity index (χ2n) is 4.84. The van der Waals surface area contributed by atoms with Crippen molar-refractivity contribution >= 4 is 22.8 Å². The number of hydrogen-bond donors (Lipinski definition) is 0. The van der Waals surface area contributed by atoms with Gasteiger partial charge in [0.25, 0.3) is 0 Å². The molecule has 0 radical (unpaired) electrons. The quantitative estimate of drug-likeness (QED) is 0.463. The highest BCUT2D eigenvalue weighted by molar-refractivity contribution is 5.95. The molecule has 0 N–H and O–H groups in total. The maximum absolute atomic E-state index is 11.4. The molecule has 6 heteroatoms. The van der Waals surface area contributed by atoms with E-state index >= 15 is 0 Å². The van der Waals surface area contributed by atoms with Crippen LogP contribution in [0.25, 0.3) is 16.8 Å². The number of nitro groups is 1. The molecule has 2 aromatic rings. The highest BCUT2D eigenvalue weighted by Crippen LogP contribution is 2.29. The van der Waals surface area contributed by atoms with Gasteiger partial charge in [-0.3, -0.25) is 10.1 Å². The van der Waals surface area contributed by atoms with Gasteiger partial charge in [-0.25, -0.2) is 4.79 Å². The van der Waals surface area contributed by atoms with Gasteiger partial charge in [0.15, 0.2) is 6.61 Å². The maximum Gasteiger partial charge on any atom is 0.344 e. The van der Waals surface area contributed by atoms with Crippen LogP contribution in [0.5, 0.6) is 5.75 Å². The van der Waals surface area contributed by atoms with E-state index in [9.17, 15) is 14.9 Å². The van der Waals surface area contributed by atoms with Crippen molar-refractivity contribution < 1.29 is 19.2 Å². The number of carbonyl (C=O) groups excluding carboxylic acids is 1. The molecule has 0 spiro atoms. The summed E-state index contributed by atoms with van der Waals surface area (Å²) >= 11 is 0. The van der Waals surface area contributed by atoms with Crippen molar-refractivity contribution in [1.29, 1.82) is 0 Å². The van der Waals surface area contributed by atoms with Crippen LogP contribution in [0.3, 0.4) is 0 Å². The SMILES string of the molecule is CCOC(=O)COc1ccc(/C=C(/C)[N+](=O)[O-])c2ccccc12. The predicted molar refractivity (Wildman–Crippen MR) is 86.7 cm³/mol. The lowest BCUT2D eigenvalue weighted by Crippen LogP contribution is -2.14. The Morgan fingerprint density at radius 2 is 1.91 bits per heavy atom. The summed E-state index contributed by atoms with van der Waals surface area (Å²) in [5, 5.41) is 12.4. The number of fused-ring (bicyclic) bond motifs is 1. The van der Waals surface area contributed by atoms with Crippen molar-refractivity contribution in [3.05, 3.63) is 57.8 Å². The Balaban J connectivity index is 2.37. The van der Waals surface area contributed by atoms with Crippen molar-refractivity contribution in [3.63, 3.8) is 0 Å². The molecular formula is C17H17NO5. The Morgan fingerprint density at radius 3 is 2.57 bits per heavy atom. The molecule has 0 aliphatic heterocycles. The van der Waals surface area contributed by atoms with Crippen molar-refractivity contribution in [3.8, 4) is 5.75 Å². The normalized spacial score (nSPS) is 11.3. The Morgan fingerprint density at radius 1 is 1.22 bits per heavy atom. The first-order valence-electron chi connectivity index (χ1n) is 7.15.